The molecule has 2 aromatic carbocycles. The van der Waals surface area contributed by atoms with Crippen LogP contribution in [0, 0.1) is 0 Å². The number of hydrogen-bond donors (Lipinski definition) is 0. The summed E-state index contributed by atoms with van der Waals surface area (Å²) in [5, 5.41) is 0. The van der Waals surface area contributed by atoms with E-state index in [9.17, 15) is 8.42 Å². The zero-order chi connectivity index (χ0) is 17.7. The van der Waals surface area contributed by atoms with Gasteiger partial charge < -0.3 is 4.74 Å². The van der Waals surface area contributed by atoms with Gasteiger partial charge in [-0.05, 0) is 35.9 Å². The fraction of sp³-hybridized carbons (Fsp3) is 0.105. The summed E-state index contributed by atoms with van der Waals surface area (Å²) < 4.78 is 32.0. The van der Waals surface area contributed by atoms with Crippen LogP contribution in [0.15, 0.2) is 79.1 Å². The van der Waals surface area contributed by atoms with Gasteiger partial charge in [-0.15, -0.1) is 0 Å². The van der Waals surface area contributed by atoms with Crippen LogP contribution in [0.4, 0.5) is 5.69 Å². The Bertz CT molecular complexity index is 929. The molecule has 1 aromatic heterocycles. The number of aromatic nitrogens is 1. The lowest BCUT2D eigenvalue weighted by molar-refractivity contribution is 0.482. The molecule has 0 saturated carbocycles. The molecular formula is C19H18N2O3S. The molecule has 5 nitrogen and oxygen atoms in total. The summed E-state index contributed by atoms with van der Waals surface area (Å²) in [6.07, 6.45) is 4.49. The van der Waals surface area contributed by atoms with Gasteiger partial charge in [0.05, 0.1) is 18.5 Å². The second-order valence-corrected chi connectivity index (χ2v) is 7.42. The van der Waals surface area contributed by atoms with Crippen LogP contribution >= 0.6 is 0 Å². The van der Waals surface area contributed by atoms with E-state index in [-0.39, 0.29) is 6.54 Å². The Morgan fingerprint density at radius 1 is 0.960 bits per heavy atom. The Labute approximate surface area is 147 Å². The molecule has 6 heteroatoms. The highest BCUT2D eigenvalue weighted by Gasteiger charge is 2.21. The molecule has 0 saturated heterocycles. The van der Waals surface area contributed by atoms with Crippen LogP contribution < -0.4 is 9.04 Å². The van der Waals surface area contributed by atoms with Crippen molar-refractivity contribution in [1.82, 2.24) is 4.98 Å². The Kier molecular flexibility index (Phi) is 5.00. The maximum atomic E-state index is 12.4. The van der Waals surface area contributed by atoms with E-state index in [1.807, 2.05) is 42.5 Å². The molecule has 0 fully saturated rings. The van der Waals surface area contributed by atoms with Crippen molar-refractivity contribution >= 4 is 15.7 Å². The Balaban J connectivity index is 1.99. The molecule has 0 atom stereocenters. The van der Waals surface area contributed by atoms with Gasteiger partial charge in [-0.3, -0.25) is 9.29 Å². The molecule has 0 amide bonds. The van der Waals surface area contributed by atoms with Gasteiger partial charge in [0.2, 0.25) is 10.0 Å². The minimum absolute atomic E-state index is 0.182. The van der Waals surface area contributed by atoms with Gasteiger partial charge in [-0.25, -0.2) is 8.42 Å². The Morgan fingerprint density at radius 3 is 2.36 bits per heavy atom. The van der Waals surface area contributed by atoms with Crippen LogP contribution in [-0.4, -0.2) is 19.7 Å². The van der Waals surface area contributed by atoms with Gasteiger partial charge in [-0.1, -0.05) is 36.4 Å². The van der Waals surface area contributed by atoms with E-state index >= 15 is 0 Å². The van der Waals surface area contributed by atoms with Crippen molar-refractivity contribution in [2.45, 2.75) is 6.54 Å². The summed E-state index contributed by atoms with van der Waals surface area (Å²) in [6, 6.07) is 20.0. The molecule has 0 aliphatic heterocycles. The average Bonchev–Trinajstić information content (AvgIpc) is 2.61. The van der Waals surface area contributed by atoms with Gasteiger partial charge in [-0.2, -0.15) is 0 Å². The van der Waals surface area contributed by atoms with Crippen molar-refractivity contribution in [2.75, 3.05) is 10.6 Å². The van der Waals surface area contributed by atoms with Crippen LogP contribution in [0.3, 0.4) is 0 Å². The summed E-state index contributed by atoms with van der Waals surface area (Å²) in [5.41, 5.74) is 1.28. The number of anilines is 1. The predicted molar refractivity (Wildman–Crippen MR) is 98.2 cm³/mol. The Hall–Kier alpha value is -2.86. The molecule has 0 spiro atoms. The highest BCUT2D eigenvalue weighted by molar-refractivity contribution is 7.92. The quantitative estimate of drug-likeness (QED) is 0.675. The first kappa shape index (κ1) is 17.0. The van der Waals surface area contributed by atoms with E-state index in [2.05, 4.69) is 4.98 Å². The number of sulfonamides is 1. The number of benzene rings is 2. The largest absolute Gasteiger partial charge is 0.455 e. The maximum absolute atomic E-state index is 12.4. The summed E-state index contributed by atoms with van der Waals surface area (Å²) in [7, 11) is -3.51. The van der Waals surface area contributed by atoms with Crippen molar-refractivity contribution in [3.63, 3.8) is 0 Å². The standard InChI is InChI=1S/C19H18N2O3S/c1-25(22,23)21(15-16-8-7-13-20-14-16)18-11-5-6-12-19(18)24-17-9-3-2-4-10-17/h2-14H,15H2,1H3. The van der Waals surface area contributed by atoms with Gasteiger partial charge in [0.1, 0.15) is 5.75 Å². The average molecular weight is 354 g/mol. The maximum Gasteiger partial charge on any atom is 0.232 e. The van der Waals surface area contributed by atoms with Crippen LogP contribution in [0.2, 0.25) is 0 Å². The second kappa shape index (κ2) is 7.36. The van der Waals surface area contributed by atoms with Gasteiger partial charge >= 0.3 is 0 Å². The van der Waals surface area contributed by atoms with Crippen molar-refractivity contribution in [2.24, 2.45) is 0 Å². The van der Waals surface area contributed by atoms with E-state index < -0.39 is 10.0 Å². The van der Waals surface area contributed by atoms with Crippen LogP contribution in [0.25, 0.3) is 0 Å². The third kappa shape index (κ3) is 4.36. The summed E-state index contributed by atoms with van der Waals surface area (Å²) in [4.78, 5) is 4.05. The van der Waals surface area contributed by atoms with Crippen LogP contribution in [0.1, 0.15) is 5.56 Å². The summed E-state index contributed by atoms with van der Waals surface area (Å²) in [5.74, 6) is 1.12. The molecule has 128 valence electrons. The van der Waals surface area contributed by atoms with E-state index in [0.717, 1.165) is 5.56 Å². The second-order valence-electron chi connectivity index (χ2n) is 5.51. The van der Waals surface area contributed by atoms with Gasteiger partial charge in [0.15, 0.2) is 5.75 Å². The monoisotopic (exact) mass is 354 g/mol. The summed E-state index contributed by atoms with van der Waals surface area (Å²) in [6.45, 7) is 0.182. The third-order valence-corrected chi connectivity index (χ3v) is 4.68. The minimum Gasteiger partial charge on any atom is -0.455 e. The van der Waals surface area contributed by atoms with Gasteiger partial charge in [0.25, 0.3) is 0 Å². The number of ether oxygens (including phenoxy) is 1. The lowest BCUT2D eigenvalue weighted by atomic mass is 10.2. The lowest BCUT2D eigenvalue weighted by Crippen LogP contribution is -2.29. The topological polar surface area (TPSA) is 59.5 Å². The molecule has 0 unspecified atom stereocenters. The van der Waals surface area contributed by atoms with E-state index in [1.165, 1.54) is 10.6 Å². The molecule has 25 heavy (non-hydrogen) atoms. The van der Waals surface area contributed by atoms with Crippen molar-refractivity contribution in [3.8, 4) is 11.5 Å². The molecule has 3 aromatic rings. The number of nitrogens with zero attached hydrogens (tertiary/aromatic N) is 2. The molecule has 0 aliphatic rings. The first-order valence-electron chi connectivity index (χ1n) is 7.72. The summed E-state index contributed by atoms with van der Waals surface area (Å²) >= 11 is 0. The highest BCUT2D eigenvalue weighted by atomic mass is 32.2. The molecular weight excluding hydrogens is 336 g/mol. The van der Waals surface area contributed by atoms with Crippen molar-refractivity contribution in [3.05, 3.63) is 84.7 Å². The normalized spacial score (nSPS) is 11.1. The fourth-order valence-electron chi connectivity index (χ4n) is 2.40. The molecule has 0 bridgehead atoms. The number of hydrogen-bond acceptors (Lipinski definition) is 4. The number of para-hydroxylation sites is 3. The Morgan fingerprint density at radius 2 is 1.68 bits per heavy atom. The molecule has 0 radical (unpaired) electrons. The molecule has 3 rings (SSSR count). The predicted octanol–water partition coefficient (Wildman–Crippen LogP) is 3.84. The number of rotatable bonds is 6. The first-order valence-corrected chi connectivity index (χ1v) is 9.57. The zero-order valence-electron chi connectivity index (χ0n) is 13.7. The first-order chi connectivity index (χ1) is 12.0. The fourth-order valence-corrected chi connectivity index (χ4v) is 3.30. The van der Waals surface area contributed by atoms with Crippen molar-refractivity contribution < 1.29 is 13.2 Å². The van der Waals surface area contributed by atoms with Crippen LogP contribution in [-0.2, 0) is 16.6 Å². The van der Waals surface area contributed by atoms with E-state index in [1.54, 1.807) is 36.7 Å². The minimum atomic E-state index is -3.51. The smallest absolute Gasteiger partial charge is 0.232 e. The van der Waals surface area contributed by atoms with E-state index in [0.29, 0.717) is 17.2 Å². The third-order valence-electron chi connectivity index (χ3n) is 3.55. The highest BCUT2D eigenvalue weighted by Crippen LogP contribution is 2.34. The van der Waals surface area contributed by atoms with E-state index in [4.69, 9.17) is 4.74 Å². The molecule has 0 N–H and O–H groups in total. The molecule has 1 heterocycles. The number of pyridine rings is 1. The van der Waals surface area contributed by atoms with Crippen molar-refractivity contribution in [1.29, 1.82) is 0 Å². The molecule has 0 aliphatic carbocycles. The van der Waals surface area contributed by atoms with Crippen LogP contribution in [0.5, 0.6) is 11.5 Å². The van der Waals surface area contributed by atoms with Gasteiger partial charge in [0, 0.05) is 12.4 Å². The lowest BCUT2D eigenvalue weighted by Gasteiger charge is -2.24. The zero-order valence-corrected chi connectivity index (χ0v) is 14.6. The SMILES string of the molecule is CS(=O)(=O)N(Cc1cccnc1)c1ccccc1Oc1ccccc1.